The molecule has 0 aliphatic carbocycles. The van der Waals surface area contributed by atoms with Crippen LogP contribution in [-0.4, -0.2) is 51.2 Å². The second-order valence-corrected chi connectivity index (χ2v) is 9.18. The van der Waals surface area contributed by atoms with Crippen molar-refractivity contribution in [1.82, 2.24) is 19.1 Å². The molecule has 0 aliphatic heterocycles. The number of amides is 1. The molecule has 0 saturated carbocycles. The Bertz CT molecular complexity index is 1480. The first-order chi connectivity index (χ1) is 18.4. The summed E-state index contributed by atoms with van der Waals surface area (Å²) >= 11 is 0. The molecule has 4 rings (SSSR count). The monoisotopic (exact) mass is 551 g/mol. The summed E-state index contributed by atoms with van der Waals surface area (Å²) in [6.45, 7) is 4.97. The number of fused-ring (bicyclic) bond motifs is 1. The van der Waals surface area contributed by atoms with Gasteiger partial charge in [0.15, 0.2) is 5.82 Å². The fraction of sp³-hybridized carbons (Fsp3) is 0.310. The summed E-state index contributed by atoms with van der Waals surface area (Å²) in [7, 11) is 1.27. The van der Waals surface area contributed by atoms with Crippen LogP contribution >= 0.6 is 12.4 Å². The van der Waals surface area contributed by atoms with E-state index < -0.39 is 12.0 Å². The van der Waals surface area contributed by atoms with Gasteiger partial charge in [-0.15, -0.1) is 12.4 Å². The molecule has 0 radical (unpaired) electrons. The number of carbonyl (C=O) groups excluding carboxylic acids is 2. The number of rotatable bonds is 10. The molecule has 0 bridgehead atoms. The maximum Gasteiger partial charge on any atom is 0.340 e. The molecule has 206 valence electrons. The highest BCUT2D eigenvalue weighted by Crippen LogP contribution is 2.26. The summed E-state index contributed by atoms with van der Waals surface area (Å²) in [6, 6.07) is 18.0. The SMILES string of the molecule is CCC(c1nn2ccc(C(=O)OC)c2c(=O)n1Cc1ccccc1)N(CCCN)C(=O)c1ccc(C)cc1.Cl. The fourth-order valence-corrected chi connectivity index (χ4v) is 4.62. The van der Waals surface area contributed by atoms with Crippen molar-refractivity contribution >= 4 is 29.8 Å². The number of methoxy groups -OCH3 is 1. The first-order valence-corrected chi connectivity index (χ1v) is 12.7. The number of esters is 1. The van der Waals surface area contributed by atoms with Gasteiger partial charge in [-0.1, -0.05) is 55.0 Å². The highest BCUT2D eigenvalue weighted by Gasteiger charge is 2.30. The molecular formula is C29H34ClN5O4. The third-order valence-corrected chi connectivity index (χ3v) is 6.61. The summed E-state index contributed by atoms with van der Waals surface area (Å²) in [6.07, 6.45) is 2.67. The van der Waals surface area contributed by atoms with Crippen LogP contribution in [-0.2, 0) is 11.3 Å². The molecule has 1 unspecified atom stereocenters. The standard InChI is InChI=1S/C29H33N5O4.ClH/c1-4-24(32(17-8-16-30)27(35)22-13-11-20(2)12-14-22)26-31-34-18-15-23(29(37)38-3)25(34)28(36)33(26)19-21-9-6-5-7-10-21;/h5-7,9-15,18,24H,4,8,16-17,19,30H2,1-3H3;1H. The van der Waals surface area contributed by atoms with Crippen molar-refractivity contribution in [3.8, 4) is 0 Å². The molecular weight excluding hydrogens is 518 g/mol. The van der Waals surface area contributed by atoms with E-state index in [0.29, 0.717) is 37.3 Å². The van der Waals surface area contributed by atoms with E-state index in [0.717, 1.165) is 11.1 Å². The van der Waals surface area contributed by atoms with Crippen molar-refractivity contribution in [2.75, 3.05) is 20.2 Å². The molecule has 0 fully saturated rings. The zero-order valence-corrected chi connectivity index (χ0v) is 23.2. The van der Waals surface area contributed by atoms with Crippen molar-refractivity contribution in [2.45, 2.75) is 39.3 Å². The van der Waals surface area contributed by atoms with E-state index in [2.05, 4.69) is 0 Å². The molecule has 2 aromatic carbocycles. The largest absolute Gasteiger partial charge is 0.465 e. The lowest BCUT2D eigenvalue weighted by atomic mass is 10.1. The third-order valence-electron chi connectivity index (χ3n) is 6.61. The number of nitrogens with zero attached hydrogens (tertiary/aromatic N) is 4. The predicted molar refractivity (Wildman–Crippen MR) is 153 cm³/mol. The van der Waals surface area contributed by atoms with Crippen LogP contribution in [0.5, 0.6) is 0 Å². The lowest BCUT2D eigenvalue weighted by Crippen LogP contribution is -2.40. The first-order valence-electron chi connectivity index (χ1n) is 12.7. The Kier molecular flexibility index (Phi) is 10.0. The van der Waals surface area contributed by atoms with E-state index in [1.54, 1.807) is 15.7 Å². The predicted octanol–water partition coefficient (Wildman–Crippen LogP) is 4.00. The number of hydrogen-bond donors (Lipinski definition) is 1. The zero-order chi connectivity index (χ0) is 27.2. The van der Waals surface area contributed by atoms with Gasteiger partial charge in [0, 0.05) is 18.3 Å². The molecule has 0 aliphatic rings. The van der Waals surface area contributed by atoms with Crippen LogP contribution in [0, 0.1) is 6.92 Å². The quantitative estimate of drug-likeness (QED) is 0.298. The summed E-state index contributed by atoms with van der Waals surface area (Å²) in [5.74, 6) is -0.344. The Balaban J connectivity index is 0.00000420. The van der Waals surface area contributed by atoms with Crippen LogP contribution < -0.4 is 11.3 Å². The average Bonchev–Trinajstić information content (AvgIpc) is 3.37. The van der Waals surface area contributed by atoms with E-state index in [1.807, 2.05) is 68.4 Å². The Labute approximate surface area is 233 Å². The Morgan fingerprint density at radius 2 is 1.77 bits per heavy atom. The zero-order valence-electron chi connectivity index (χ0n) is 22.4. The molecule has 1 amide bonds. The van der Waals surface area contributed by atoms with E-state index >= 15 is 0 Å². The van der Waals surface area contributed by atoms with Crippen molar-refractivity contribution < 1.29 is 14.3 Å². The lowest BCUT2D eigenvalue weighted by Gasteiger charge is -2.32. The Hall–Kier alpha value is -3.95. The van der Waals surface area contributed by atoms with E-state index in [4.69, 9.17) is 15.6 Å². The molecule has 4 aromatic rings. The summed E-state index contributed by atoms with van der Waals surface area (Å²) < 4.78 is 7.86. The van der Waals surface area contributed by atoms with Crippen molar-refractivity contribution in [1.29, 1.82) is 0 Å². The lowest BCUT2D eigenvalue weighted by molar-refractivity contribution is 0.0602. The number of benzene rings is 2. The van der Waals surface area contributed by atoms with Crippen LogP contribution in [0.25, 0.3) is 5.52 Å². The Morgan fingerprint density at radius 3 is 2.38 bits per heavy atom. The third kappa shape index (κ3) is 6.21. The van der Waals surface area contributed by atoms with Gasteiger partial charge in [0.2, 0.25) is 0 Å². The van der Waals surface area contributed by atoms with Crippen LogP contribution in [0.15, 0.2) is 71.7 Å². The number of nitrogens with two attached hydrogens (primary N) is 1. The second-order valence-electron chi connectivity index (χ2n) is 9.18. The van der Waals surface area contributed by atoms with Gasteiger partial charge >= 0.3 is 5.97 Å². The smallest absolute Gasteiger partial charge is 0.340 e. The molecule has 9 nitrogen and oxygen atoms in total. The Morgan fingerprint density at radius 1 is 1.08 bits per heavy atom. The number of hydrogen-bond acceptors (Lipinski definition) is 6. The number of carbonyl (C=O) groups is 2. The molecule has 10 heteroatoms. The van der Waals surface area contributed by atoms with Gasteiger partial charge in [0.05, 0.1) is 25.3 Å². The van der Waals surface area contributed by atoms with Gasteiger partial charge < -0.3 is 15.4 Å². The normalized spacial score (nSPS) is 11.6. The van der Waals surface area contributed by atoms with Crippen molar-refractivity contribution in [2.24, 2.45) is 5.73 Å². The van der Waals surface area contributed by atoms with Crippen LogP contribution in [0.4, 0.5) is 0 Å². The summed E-state index contributed by atoms with van der Waals surface area (Å²) in [5.41, 5.74) is 8.22. The molecule has 2 N–H and O–H groups in total. The minimum Gasteiger partial charge on any atom is -0.465 e. The number of halogens is 1. The molecule has 39 heavy (non-hydrogen) atoms. The number of ether oxygens (including phenoxy) is 1. The van der Waals surface area contributed by atoms with Crippen molar-refractivity contribution in [3.05, 3.63) is 105 Å². The van der Waals surface area contributed by atoms with E-state index in [9.17, 15) is 14.4 Å². The van der Waals surface area contributed by atoms with Crippen LogP contribution in [0.2, 0.25) is 0 Å². The van der Waals surface area contributed by atoms with Crippen LogP contribution in [0.3, 0.4) is 0 Å². The molecule has 2 heterocycles. The molecule has 0 saturated heterocycles. The highest BCUT2D eigenvalue weighted by atomic mass is 35.5. The first kappa shape index (κ1) is 29.6. The maximum absolute atomic E-state index is 14.0. The topological polar surface area (TPSA) is 112 Å². The maximum atomic E-state index is 14.0. The van der Waals surface area contributed by atoms with Crippen molar-refractivity contribution in [3.63, 3.8) is 0 Å². The minimum atomic E-state index is -0.614. The number of aromatic nitrogens is 3. The summed E-state index contributed by atoms with van der Waals surface area (Å²) in [4.78, 5) is 41.9. The van der Waals surface area contributed by atoms with Gasteiger partial charge in [0.25, 0.3) is 11.5 Å². The summed E-state index contributed by atoms with van der Waals surface area (Å²) in [5, 5.41) is 4.81. The fourth-order valence-electron chi connectivity index (χ4n) is 4.62. The van der Waals surface area contributed by atoms with E-state index in [-0.39, 0.29) is 41.5 Å². The highest BCUT2D eigenvalue weighted by molar-refractivity contribution is 5.97. The molecule has 1 atom stereocenters. The average molecular weight is 552 g/mol. The van der Waals surface area contributed by atoms with Gasteiger partial charge in [-0.2, -0.15) is 5.10 Å². The van der Waals surface area contributed by atoms with Gasteiger partial charge in [-0.05, 0) is 50.1 Å². The van der Waals surface area contributed by atoms with Gasteiger partial charge in [-0.25, -0.2) is 9.31 Å². The van der Waals surface area contributed by atoms with Gasteiger partial charge in [-0.3, -0.25) is 14.2 Å². The second kappa shape index (κ2) is 13.2. The minimum absolute atomic E-state index is 0. The molecule has 0 spiro atoms. The molecule has 2 aromatic heterocycles. The van der Waals surface area contributed by atoms with E-state index in [1.165, 1.54) is 17.7 Å². The van der Waals surface area contributed by atoms with Gasteiger partial charge in [0.1, 0.15) is 5.52 Å². The number of aryl methyl sites for hydroxylation is 1. The van der Waals surface area contributed by atoms with Crippen LogP contribution in [0.1, 0.15) is 63.5 Å².